The molecular weight excluding hydrogens is 202 g/mol. The highest BCUT2D eigenvalue weighted by Gasteiger charge is 2.27. The highest BCUT2D eigenvalue weighted by atomic mass is 16.5. The van der Waals surface area contributed by atoms with E-state index in [1.807, 2.05) is 13.8 Å². The molecule has 4 heteroatoms. The van der Waals surface area contributed by atoms with Gasteiger partial charge in [0.1, 0.15) is 11.4 Å². The first kappa shape index (κ1) is 11.6. The standard InChI is InChI=1S/C12H21N3O/c1-12(2,16-3)11-13-10(14-15-11)9-7-5-4-6-8-9/h9H,4-8H2,1-3H3,(H,13,14,15). The fraction of sp³-hybridized carbons (Fsp3) is 0.833. The van der Waals surface area contributed by atoms with Crippen LogP contribution in [0.15, 0.2) is 0 Å². The summed E-state index contributed by atoms with van der Waals surface area (Å²) in [5, 5.41) is 7.35. The molecule has 1 saturated carbocycles. The van der Waals surface area contributed by atoms with Crippen molar-refractivity contribution in [2.75, 3.05) is 7.11 Å². The van der Waals surface area contributed by atoms with Crippen LogP contribution in [0.5, 0.6) is 0 Å². The van der Waals surface area contributed by atoms with Crippen LogP contribution < -0.4 is 0 Å². The molecule has 0 aromatic carbocycles. The van der Waals surface area contributed by atoms with E-state index in [1.54, 1.807) is 7.11 Å². The molecule has 1 aromatic rings. The van der Waals surface area contributed by atoms with E-state index >= 15 is 0 Å². The number of hydrogen-bond donors (Lipinski definition) is 1. The Labute approximate surface area is 96.8 Å². The summed E-state index contributed by atoms with van der Waals surface area (Å²) in [6.45, 7) is 3.97. The van der Waals surface area contributed by atoms with Gasteiger partial charge in [-0.25, -0.2) is 4.98 Å². The molecule has 90 valence electrons. The third-order valence-corrected chi connectivity index (χ3v) is 3.54. The van der Waals surface area contributed by atoms with Crippen molar-refractivity contribution >= 4 is 0 Å². The van der Waals surface area contributed by atoms with Gasteiger partial charge in [0.05, 0.1) is 0 Å². The number of aromatic nitrogens is 3. The first-order chi connectivity index (χ1) is 7.63. The maximum Gasteiger partial charge on any atom is 0.181 e. The molecule has 0 spiro atoms. The number of methoxy groups -OCH3 is 1. The second-order valence-corrected chi connectivity index (χ2v) is 5.09. The van der Waals surface area contributed by atoms with E-state index in [0.717, 1.165) is 11.6 Å². The van der Waals surface area contributed by atoms with Crippen LogP contribution in [-0.2, 0) is 10.3 Å². The molecule has 1 aliphatic rings. The van der Waals surface area contributed by atoms with Gasteiger partial charge in [-0.3, -0.25) is 5.10 Å². The molecular formula is C12H21N3O. The molecule has 0 aliphatic heterocycles. The third-order valence-electron chi connectivity index (χ3n) is 3.54. The van der Waals surface area contributed by atoms with Crippen LogP contribution in [0.2, 0.25) is 0 Å². The highest BCUT2D eigenvalue weighted by Crippen LogP contribution is 2.31. The minimum absolute atomic E-state index is 0.399. The van der Waals surface area contributed by atoms with Gasteiger partial charge in [0.2, 0.25) is 0 Å². The monoisotopic (exact) mass is 223 g/mol. The van der Waals surface area contributed by atoms with E-state index in [-0.39, 0.29) is 0 Å². The Morgan fingerprint density at radius 1 is 1.25 bits per heavy atom. The van der Waals surface area contributed by atoms with Crippen molar-refractivity contribution in [2.45, 2.75) is 57.5 Å². The van der Waals surface area contributed by atoms with E-state index in [4.69, 9.17) is 4.74 Å². The quantitative estimate of drug-likeness (QED) is 0.857. The molecule has 1 fully saturated rings. The lowest BCUT2D eigenvalue weighted by atomic mass is 9.89. The van der Waals surface area contributed by atoms with Crippen LogP contribution in [0.25, 0.3) is 0 Å². The zero-order valence-electron chi connectivity index (χ0n) is 10.4. The Bertz CT molecular complexity index is 340. The zero-order valence-corrected chi connectivity index (χ0v) is 10.4. The predicted octanol–water partition coefficient (Wildman–Crippen LogP) is 2.73. The van der Waals surface area contributed by atoms with Crippen molar-refractivity contribution in [1.29, 1.82) is 0 Å². The third kappa shape index (κ3) is 2.26. The summed E-state index contributed by atoms with van der Waals surface area (Å²) in [5.41, 5.74) is -0.399. The number of aromatic amines is 1. The summed E-state index contributed by atoms with van der Waals surface area (Å²) >= 11 is 0. The largest absolute Gasteiger partial charge is 0.371 e. The summed E-state index contributed by atoms with van der Waals surface area (Å²) in [6.07, 6.45) is 6.47. The maximum atomic E-state index is 5.38. The van der Waals surface area contributed by atoms with Gasteiger partial charge in [0, 0.05) is 13.0 Å². The number of ether oxygens (including phenoxy) is 1. The van der Waals surface area contributed by atoms with Crippen LogP contribution in [-0.4, -0.2) is 22.3 Å². The Morgan fingerprint density at radius 2 is 1.94 bits per heavy atom. The SMILES string of the molecule is COC(C)(C)c1n[nH]c(C2CCCCC2)n1. The number of nitrogens with one attached hydrogen (secondary N) is 1. The lowest BCUT2D eigenvalue weighted by molar-refractivity contribution is 0.0117. The van der Waals surface area contributed by atoms with Gasteiger partial charge in [-0.15, -0.1) is 0 Å². The molecule has 0 bridgehead atoms. The van der Waals surface area contributed by atoms with Crippen molar-refractivity contribution in [3.05, 3.63) is 11.6 Å². The molecule has 0 unspecified atom stereocenters. The Kier molecular flexibility index (Phi) is 3.28. The second-order valence-electron chi connectivity index (χ2n) is 5.09. The van der Waals surface area contributed by atoms with Gasteiger partial charge in [-0.2, -0.15) is 5.10 Å². The van der Waals surface area contributed by atoms with Gasteiger partial charge in [-0.1, -0.05) is 19.3 Å². The molecule has 0 amide bonds. The summed E-state index contributed by atoms with van der Waals surface area (Å²) in [7, 11) is 1.69. The molecule has 1 N–H and O–H groups in total. The number of H-pyrrole nitrogens is 1. The molecule has 1 aromatic heterocycles. The van der Waals surface area contributed by atoms with Crippen LogP contribution in [0, 0.1) is 0 Å². The summed E-state index contributed by atoms with van der Waals surface area (Å²) in [4.78, 5) is 4.58. The number of hydrogen-bond acceptors (Lipinski definition) is 3. The fourth-order valence-electron chi connectivity index (χ4n) is 2.19. The molecule has 1 heterocycles. The second kappa shape index (κ2) is 4.53. The number of nitrogens with zero attached hydrogens (tertiary/aromatic N) is 2. The van der Waals surface area contributed by atoms with Crippen molar-refractivity contribution in [2.24, 2.45) is 0 Å². The Hall–Kier alpha value is -0.900. The lowest BCUT2D eigenvalue weighted by Gasteiger charge is -2.20. The fourth-order valence-corrected chi connectivity index (χ4v) is 2.19. The van der Waals surface area contributed by atoms with E-state index in [1.165, 1.54) is 32.1 Å². The van der Waals surface area contributed by atoms with E-state index < -0.39 is 5.60 Å². The lowest BCUT2D eigenvalue weighted by Crippen LogP contribution is -2.21. The minimum Gasteiger partial charge on any atom is -0.371 e. The smallest absolute Gasteiger partial charge is 0.181 e. The van der Waals surface area contributed by atoms with Gasteiger partial charge in [-0.05, 0) is 26.7 Å². The van der Waals surface area contributed by atoms with Gasteiger partial charge >= 0.3 is 0 Å². The van der Waals surface area contributed by atoms with Crippen LogP contribution in [0.1, 0.15) is 63.5 Å². The van der Waals surface area contributed by atoms with E-state index in [9.17, 15) is 0 Å². The molecule has 16 heavy (non-hydrogen) atoms. The van der Waals surface area contributed by atoms with Gasteiger partial charge in [0.15, 0.2) is 5.82 Å². The van der Waals surface area contributed by atoms with Crippen LogP contribution >= 0.6 is 0 Å². The van der Waals surface area contributed by atoms with Gasteiger partial charge < -0.3 is 4.74 Å². The first-order valence-electron chi connectivity index (χ1n) is 6.11. The molecule has 0 saturated heterocycles. The Balaban J connectivity index is 2.12. The zero-order chi connectivity index (χ0) is 11.6. The van der Waals surface area contributed by atoms with Crippen LogP contribution in [0.3, 0.4) is 0 Å². The maximum absolute atomic E-state index is 5.38. The van der Waals surface area contributed by atoms with E-state index in [2.05, 4.69) is 15.2 Å². The predicted molar refractivity (Wildman–Crippen MR) is 62.2 cm³/mol. The molecule has 0 atom stereocenters. The average molecular weight is 223 g/mol. The molecule has 1 aliphatic carbocycles. The Morgan fingerprint density at radius 3 is 2.56 bits per heavy atom. The summed E-state index contributed by atoms with van der Waals surface area (Å²) in [6, 6.07) is 0. The van der Waals surface area contributed by atoms with Crippen molar-refractivity contribution in [3.8, 4) is 0 Å². The van der Waals surface area contributed by atoms with Gasteiger partial charge in [0.25, 0.3) is 0 Å². The van der Waals surface area contributed by atoms with Crippen molar-refractivity contribution in [1.82, 2.24) is 15.2 Å². The van der Waals surface area contributed by atoms with E-state index in [0.29, 0.717) is 5.92 Å². The molecule has 2 rings (SSSR count). The van der Waals surface area contributed by atoms with Crippen molar-refractivity contribution < 1.29 is 4.74 Å². The van der Waals surface area contributed by atoms with Crippen molar-refractivity contribution in [3.63, 3.8) is 0 Å². The summed E-state index contributed by atoms with van der Waals surface area (Å²) in [5.74, 6) is 2.37. The number of rotatable bonds is 3. The average Bonchev–Trinajstić information content (AvgIpc) is 2.80. The normalized spacial score (nSPS) is 18.9. The molecule has 0 radical (unpaired) electrons. The highest BCUT2D eigenvalue weighted by molar-refractivity contribution is 5.04. The first-order valence-corrected chi connectivity index (χ1v) is 6.11. The van der Waals surface area contributed by atoms with Crippen LogP contribution in [0.4, 0.5) is 0 Å². The molecule has 4 nitrogen and oxygen atoms in total. The topological polar surface area (TPSA) is 50.8 Å². The minimum atomic E-state index is -0.399. The summed E-state index contributed by atoms with van der Waals surface area (Å²) < 4.78 is 5.38.